The second-order valence-electron chi connectivity index (χ2n) is 7.53. The van der Waals surface area contributed by atoms with Gasteiger partial charge in [-0.3, -0.25) is 9.48 Å². The van der Waals surface area contributed by atoms with E-state index in [4.69, 9.17) is 0 Å². The summed E-state index contributed by atoms with van der Waals surface area (Å²) in [5.74, 6) is -0.351. The number of imidazole rings is 1. The Hall–Kier alpha value is -3.50. The Morgan fingerprint density at radius 2 is 1.91 bits per heavy atom. The molecule has 0 radical (unpaired) electrons. The highest BCUT2D eigenvalue weighted by molar-refractivity contribution is 7.89. The number of sulfonamides is 1. The third-order valence-electron chi connectivity index (χ3n) is 5.02. The molecule has 9 nitrogen and oxygen atoms in total. The first-order valence-electron chi connectivity index (χ1n) is 10.2. The molecule has 0 fully saturated rings. The number of pyridine rings is 1. The summed E-state index contributed by atoms with van der Waals surface area (Å²) in [6.07, 6.45) is 7.82. The molecule has 1 amide bonds. The molecule has 3 aromatic heterocycles. The monoisotopic (exact) mass is 452 g/mol. The van der Waals surface area contributed by atoms with Gasteiger partial charge in [-0.2, -0.15) is 5.10 Å². The van der Waals surface area contributed by atoms with Gasteiger partial charge in [0.2, 0.25) is 10.0 Å². The molecule has 4 rings (SSSR count). The topological polar surface area (TPSA) is 110 Å². The van der Waals surface area contributed by atoms with E-state index in [-0.39, 0.29) is 16.8 Å². The summed E-state index contributed by atoms with van der Waals surface area (Å²) in [5.41, 5.74) is 2.59. The van der Waals surface area contributed by atoms with Gasteiger partial charge in [-0.05, 0) is 49.7 Å². The van der Waals surface area contributed by atoms with Crippen LogP contribution >= 0.6 is 0 Å². The summed E-state index contributed by atoms with van der Waals surface area (Å²) in [4.78, 5) is 17.2. The molecule has 2 N–H and O–H groups in total. The van der Waals surface area contributed by atoms with Crippen LogP contribution in [-0.4, -0.2) is 39.5 Å². The lowest BCUT2D eigenvalue weighted by Gasteiger charge is -2.12. The molecule has 0 spiro atoms. The van der Waals surface area contributed by atoms with E-state index in [9.17, 15) is 13.2 Å². The number of carbonyl (C=O) groups excluding carboxylic acids is 1. The van der Waals surface area contributed by atoms with E-state index in [1.807, 2.05) is 41.9 Å². The summed E-state index contributed by atoms with van der Waals surface area (Å²) >= 11 is 0. The Labute approximate surface area is 186 Å². The van der Waals surface area contributed by atoms with Crippen LogP contribution in [0.4, 0.5) is 5.69 Å². The number of aromatic nitrogens is 4. The SMILES string of the molecule is CCC(C)NS(=O)(=O)c1ccc(C(=O)Nc2cnn(Cc3cn4ccccc4n3)c2)cc1. The quantitative estimate of drug-likeness (QED) is 0.427. The first-order valence-corrected chi connectivity index (χ1v) is 11.7. The van der Waals surface area contributed by atoms with E-state index in [2.05, 4.69) is 20.1 Å². The molecule has 0 bridgehead atoms. The van der Waals surface area contributed by atoms with E-state index in [1.54, 1.807) is 24.0 Å². The van der Waals surface area contributed by atoms with E-state index in [1.165, 1.54) is 24.3 Å². The number of benzene rings is 1. The molecule has 32 heavy (non-hydrogen) atoms. The molecule has 3 heterocycles. The first kappa shape index (κ1) is 21.7. The number of nitrogens with one attached hydrogen (secondary N) is 2. The zero-order valence-corrected chi connectivity index (χ0v) is 18.6. The van der Waals surface area contributed by atoms with Crippen molar-refractivity contribution in [3.05, 3.63) is 78.5 Å². The van der Waals surface area contributed by atoms with Crippen molar-refractivity contribution in [2.24, 2.45) is 0 Å². The zero-order valence-electron chi connectivity index (χ0n) is 17.8. The number of fused-ring (bicyclic) bond motifs is 1. The highest BCUT2D eigenvalue weighted by atomic mass is 32.2. The van der Waals surface area contributed by atoms with Gasteiger partial charge in [0.05, 0.1) is 29.0 Å². The molecule has 0 saturated carbocycles. The predicted molar refractivity (Wildman–Crippen MR) is 121 cm³/mol. The normalized spacial score (nSPS) is 12.7. The van der Waals surface area contributed by atoms with Crippen molar-refractivity contribution in [1.29, 1.82) is 0 Å². The third kappa shape index (κ3) is 4.87. The molecule has 0 saturated heterocycles. The van der Waals surface area contributed by atoms with E-state index >= 15 is 0 Å². The maximum atomic E-state index is 12.6. The van der Waals surface area contributed by atoms with Crippen LogP contribution in [0.5, 0.6) is 0 Å². The molecule has 0 aliphatic rings. The van der Waals surface area contributed by atoms with Gasteiger partial charge in [-0.15, -0.1) is 0 Å². The van der Waals surface area contributed by atoms with Gasteiger partial charge in [-0.25, -0.2) is 18.1 Å². The van der Waals surface area contributed by atoms with Crippen molar-refractivity contribution in [2.75, 3.05) is 5.32 Å². The molecular weight excluding hydrogens is 428 g/mol. The summed E-state index contributed by atoms with van der Waals surface area (Å²) in [7, 11) is -3.61. The molecule has 166 valence electrons. The largest absolute Gasteiger partial charge is 0.319 e. The Bertz CT molecular complexity index is 1310. The minimum Gasteiger partial charge on any atom is -0.319 e. The van der Waals surface area contributed by atoms with Gasteiger partial charge in [-0.1, -0.05) is 13.0 Å². The van der Waals surface area contributed by atoms with Gasteiger partial charge < -0.3 is 9.72 Å². The second kappa shape index (κ2) is 8.93. The first-order chi connectivity index (χ1) is 15.3. The number of hydrogen-bond donors (Lipinski definition) is 2. The van der Waals surface area contributed by atoms with Crippen LogP contribution < -0.4 is 10.0 Å². The van der Waals surface area contributed by atoms with Crippen LogP contribution in [0.1, 0.15) is 36.3 Å². The summed E-state index contributed by atoms with van der Waals surface area (Å²) in [6.45, 7) is 4.17. The lowest BCUT2D eigenvalue weighted by atomic mass is 10.2. The molecule has 4 aromatic rings. The van der Waals surface area contributed by atoms with Crippen LogP contribution in [0.2, 0.25) is 0 Å². The summed E-state index contributed by atoms with van der Waals surface area (Å²) in [5, 5.41) is 7.05. The van der Waals surface area contributed by atoms with Crippen molar-refractivity contribution in [1.82, 2.24) is 23.9 Å². The molecule has 0 aliphatic heterocycles. The van der Waals surface area contributed by atoms with Crippen molar-refractivity contribution in [3.63, 3.8) is 0 Å². The van der Waals surface area contributed by atoms with Gasteiger partial charge >= 0.3 is 0 Å². The number of anilines is 1. The third-order valence-corrected chi connectivity index (χ3v) is 6.63. The standard InChI is InChI=1S/C22H24N6O3S/c1-3-16(2)26-32(30,31)20-9-7-17(8-10-20)22(29)25-18-12-23-28(14-18)15-19-13-27-11-5-4-6-21(27)24-19/h4-14,16,26H,3,15H2,1-2H3,(H,25,29). The average molecular weight is 453 g/mol. The second-order valence-corrected chi connectivity index (χ2v) is 9.25. The Morgan fingerprint density at radius 1 is 1.12 bits per heavy atom. The Kier molecular flexibility index (Phi) is 6.06. The predicted octanol–water partition coefficient (Wildman–Crippen LogP) is 2.91. The van der Waals surface area contributed by atoms with Crippen LogP contribution in [0.3, 0.4) is 0 Å². The average Bonchev–Trinajstić information content (AvgIpc) is 3.39. The van der Waals surface area contributed by atoms with Crippen molar-refractivity contribution in [3.8, 4) is 0 Å². The summed E-state index contributed by atoms with van der Waals surface area (Å²) < 4.78 is 30.9. The van der Waals surface area contributed by atoms with Crippen LogP contribution in [0.15, 0.2) is 72.1 Å². The number of carbonyl (C=O) groups is 1. The van der Waals surface area contributed by atoms with Gasteiger partial charge in [0.1, 0.15) is 5.65 Å². The fourth-order valence-electron chi connectivity index (χ4n) is 3.15. The van der Waals surface area contributed by atoms with Crippen molar-refractivity contribution < 1.29 is 13.2 Å². The maximum absolute atomic E-state index is 12.6. The van der Waals surface area contributed by atoms with E-state index < -0.39 is 10.0 Å². The molecule has 1 unspecified atom stereocenters. The highest BCUT2D eigenvalue weighted by Gasteiger charge is 2.17. The van der Waals surface area contributed by atoms with Crippen LogP contribution in [0.25, 0.3) is 5.65 Å². The molecule has 1 atom stereocenters. The Balaban J connectivity index is 1.40. The van der Waals surface area contributed by atoms with Gasteiger partial charge in [0.15, 0.2) is 0 Å². The van der Waals surface area contributed by atoms with Crippen LogP contribution in [-0.2, 0) is 16.6 Å². The molecule has 10 heteroatoms. The lowest BCUT2D eigenvalue weighted by molar-refractivity contribution is 0.102. The number of amides is 1. The minimum absolute atomic E-state index is 0.120. The molecular formula is C22H24N6O3S. The Morgan fingerprint density at radius 3 is 2.62 bits per heavy atom. The van der Waals surface area contributed by atoms with E-state index in [0.717, 1.165) is 11.3 Å². The lowest BCUT2D eigenvalue weighted by Crippen LogP contribution is -2.32. The summed E-state index contributed by atoms with van der Waals surface area (Å²) in [6, 6.07) is 11.4. The minimum atomic E-state index is -3.61. The van der Waals surface area contributed by atoms with Crippen molar-refractivity contribution >= 4 is 27.3 Å². The number of nitrogens with zero attached hydrogens (tertiary/aromatic N) is 4. The highest BCUT2D eigenvalue weighted by Crippen LogP contribution is 2.14. The van der Waals surface area contributed by atoms with Gasteiger partial charge in [0.25, 0.3) is 5.91 Å². The molecule has 1 aromatic carbocycles. The van der Waals surface area contributed by atoms with Crippen molar-refractivity contribution in [2.45, 2.75) is 37.8 Å². The smallest absolute Gasteiger partial charge is 0.255 e. The maximum Gasteiger partial charge on any atom is 0.255 e. The number of rotatable bonds is 8. The van der Waals surface area contributed by atoms with Crippen LogP contribution in [0, 0.1) is 0 Å². The molecule has 0 aliphatic carbocycles. The van der Waals surface area contributed by atoms with E-state index in [0.29, 0.717) is 24.2 Å². The zero-order chi connectivity index (χ0) is 22.7. The fourth-order valence-corrected chi connectivity index (χ4v) is 4.48. The fraction of sp³-hybridized carbons (Fsp3) is 0.227. The van der Waals surface area contributed by atoms with Gasteiger partial charge in [0, 0.05) is 30.2 Å². The number of hydrogen-bond acceptors (Lipinski definition) is 5.